The fraction of sp³-hybridized carbons (Fsp3) is 0.111. The first-order valence-electron chi connectivity index (χ1n) is 3.72. The van der Waals surface area contributed by atoms with E-state index in [0.29, 0.717) is 0 Å². The van der Waals surface area contributed by atoms with Gasteiger partial charge in [-0.1, -0.05) is 30.3 Å². The highest BCUT2D eigenvalue weighted by atomic mass is 35.5. The predicted octanol–water partition coefficient (Wildman–Crippen LogP) is 2.31. The van der Waals surface area contributed by atoms with E-state index >= 15 is 0 Å². The van der Waals surface area contributed by atoms with Crippen LogP contribution in [0.5, 0.6) is 0 Å². The lowest BCUT2D eigenvalue weighted by Crippen LogP contribution is -2.13. The van der Waals surface area contributed by atoms with E-state index in [2.05, 4.69) is 5.10 Å². The lowest BCUT2D eigenvalue weighted by molar-refractivity contribution is 0.234. The minimum absolute atomic E-state index is 0.604. The van der Waals surface area contributed by atoms with Crippen molar-refractivity contribution in [3.8, 4) is 0 Å². The molecule has 1 rings (SSSR count). The van der Waals surface area contributed by atoms with E-state index in [1.165, 1.54) is 7.05 Å². The Kier molecular flexibility index (Phi) is 3.46. The van der Waals surface area contributed by atoms with Crippen molar-refractivity contribution in [1.29, 1.82) is 0 Å². The van der Waals surface area contributed by atoms with Crippen molar-refractivity contribution in [3.63, 3.8) is 0 Å². The van der Waals surface area contributed by atoms with Crippen molar-refractivity contribution in [2.45, 2.75) is 0 Å². The van der Waals surface area contributed by atoms with Crippen LogP contribution >= 0.6 is 11.6 Å². The van der Waals surface area contributed by atoms with Crippen molar-refractivity contribution >= 4 is 23.2 Å². The van der Waals surface area contributed by atoms with E-state index in [9.17, 15) is 4.79 Å². The number of rotatable bonds is 2. The average Bonchev–Trinajstić information content (AvgIpc) is 2.15. The molecule has 0 heterocycles. The molecule has 0 saturated heterocycles. The summed E-state index contributed by atoms with van der Waals surface area (Å²) in [5.74, 6) is 0. The third kappa shape index (κ3) is 3.25. The van der Waals surface area contributed by atoms with E-state index in [1.54, 1.807) is 6.21 Å². The van der Waals surface area contributed by atoms with Crippen LogP contribution in [-0.4, -0.2) is 23.6 Å². The van der Waals surface area contributed by atoms with E-state index in [4.69, 9.17) is 11.6 Å². The molecule has 0 saturated carbocycles. The Morgan fingerprint density at radius 3 is 2.62 bits per heavy atom. The van der Waals surface area contributed by atoms with Gasteiger partial charge in [-0.05, 0) is 17.2 Å². The second kappa shape index (κ2) is 4.62. The second-order valence-electron chi connectivity index (χ2n) is 2.43. The Morgan fingerprint density at radius 1 is 1.46 bits per heavy atom. The van der Waals surface area contributed by atoms with Crippen LogP contribution < -0.4 is 0 Å². The molecular weight excluding hydrogens is 188 g/mol. The molecule has 0 aliphatic rings. The molecule has 0 unspecified atom stereocenters. The lowest BCUT2D eigenvalue weighted by Gasteiger charge is -2.03. The Bertz CT molecular complexity index is 311. The highest BCUT2D eigenvalue weighted by Gasteiger charge is 1.98. The fourth-order valence-corrected chi connectivity index (χ4v) is 0.781. The first-order valence-corrected chi connectivity index (χ1v) is 4.10. The minimum Gasteiger partial charge on any atom is -0.253 e. The molecule has 1 amide bonds. The number of nitrogens with zero attached hydrogens (tertiary/aromatic N) is 2. The van der Waals surface area contributed by atoms with Crippen LogP contribution in [-0.2, 0) is 0 Å². The molecular formula is C9H9ClN2O. The maximum absolute atomic E-state index is 10.5. The largest absolute Gasteiger partial charge is 0.336 e. The Balaban J connectivity index is 2.64. The van der Waals surface area contributed by atoms with Gasteiger partial charge in [0, 0.05) is 7.05 Å². The molecule has 0 bridgehead atoms. The van der Waals surface area contributed by atoms with Crippen LogP contribution in [0.4, 0.5) is 4.79 Å². The lowest BCUT2D eigenvalue weighted by atomic mass is 10.2. The Labute approximate surface area is 81.6 Å². The van der Waals surface area contributed by atoms with Gasteiger partial charge in [0.05, 0.1) is 6.21 Å². The van der Waals surface area contributed by atoms with Gasteiger partial charge in [0.25, 0.3) is 0 Å². The van der Waals surface area contributed by atoms with Crippen molar-refractivity contribution in [1.82, 2.24) is 5.01 Å². The number of carbonyl (C=O) groups is 1. The van der Waals surface area contributed by atoms with Gasteiger partial charge in [-0.3, -0.25) is 4.79 Å². The van der Waals surface area contributed by atoms with Gasteiger partial charge in [0.2, 0.25) is 0 Å². The van der Waals surface area contributed by atoms with Crippen molar-refractivity contribution in [2.75, 3.05) is 7.05 Å². The first kappa shape index (κ1) is 9.74. The monoisotopic (exact) mass is 196 g/mol. The molecule has 0 N–H and O–H groups in total. The molecule has 0 radical (unpaired) electrons. The summed E-state index contributed by atoms with van der Waals surface area (Å²) < 4.78 is 0. The van der Waals surface area contributed by atoms with Gasteiger partial charge in [-0.2, -0.15) is 5.10 Å². The van der Waals surface area contributed by atoms with E-state index in [0.717, 1.165) is 10.6 Å². The Morgan fingerprint density at radius 2 is 2.08 bits per heavy atom. The van der Waals surface area contributed by atoms with Gasteiger partial charge in [-0.25, -0.2) is 5.01 Å². The molecule has 0 atom stereocenters. The van der Waals surface area contributed by atoms with Gasteiger partial charge < -0.3 is 0 Å². The third-order valence-corrected chi connectivity index (χ3v) is 1.68. The summed E-state index contributed by atoms with van der Waals surface area (Å²) in [7, 11) is 1.49. The average molecular weight is 197 g/mol. The topological polar surface area (TPSA) is 32.7 Å². The minimum atomic E-state index is -0.604. The quantitative estimate of drug-likeness (QED) is 0.309. The fourth-order valence-electron chi connectivity index (χ4n) is 0.738. The third-order valence-electron chi connectivity index (χ3n) is 1.43. The van der Waals surface area contributed by atoms with Crippen LogP contribution in [0.25, 0.3) is 0 Å². The van der Waals surface area contributed by atoms with Gasteiger partial charge in [0.15, 0.2) is 0 Å². The van der Waals surface area contributed by atoms with E-state index in [-0.39, 0.29) is 0 Å². The normalized spacial score (nSPS) is 10.3. The highest BCUT2D eigenvalue weighted by Crippen LogP contribution is 1.96. The summed E-state index contributed by atoms with van der Waals surface area (Å²) in [6.45, 7) is 0. The molecule has 0 aliphatic carbocycles. The molecule has 1 aromatic rings. The molecule has 0 aromatic heterocycles. The van der Waals surface area contributed by atoms with E-state index in [1.807, 2.05) is 30.3 Å². The maximum atomic E-state index is 10.5. The number of benzene rings is 1. The number of hydrogen-bond donors (Lipinski definition) is 0. The standard InChI is InChI=1S/C9H9ClN2O/c1-12(9(10)13)11-7-8-5-3-2-4-6-8/h2-7H,1H3. The zero-order chi connectivity index (χ0) is 9.68. The molecule has 0 fully saturated rings. The molecule has 4 heteroatoms. The van der Waals surface area contributed by atoms with Crippen molar-refractivity contribution in [3.05, 3.63) is 35.9 Å². The molecule has 13 heavy (non-hydrogen) atoms. The summed E-state index contributed by atoms with van der Waals surface area (Å²) in [6, 6.07) is 9.47. The zero-order valence-corrected chi connectivity index (χ0v) is 7.90. The summed E-state index contributed by atoms with van der Waals surface area (Å²) in [6.07, 6.45) is 1.57. The molecule has 3 nitrogen and oxygen atoms in total. The summed E-state index contributed by atoms with van der Waals surface area (Å²) in [5, 5.41) is 4.28. The van der Waals surface area contributed by atoms with Crippen molar-refractivity contribution < 1.29 is 4.79 Å². The SMILES string of the molecule is CN(N=Cc1ccccc1)C(=O)Cl. The maximum Gasteiger partial charge on any atom is 0.336 e. The van der Waals surface area contributed by atoms with Crippen LogP contribution in [0.3, 0.4) is 0 Å². The number of carbonyl (C=O) groups excluding carboxylic acids is 1. The number of halogens is 1. The second-order valence-corrected chi connectivity index (χ2v) is 2.76. The van der Waals surface area contributed by atoms with Crippen LogP contribution in [0.1, 0.15) is 5.56 Å². The predicted molar refractivity (Wildman–Crippen MR) is 53.0 cm³/mol. The van der Waals surface area contributed by atoms with Crippen LogP contribution in [0, 0.1) is 0 Å². The summed E-state index contributed by atoms with van der Waals surface area (Å²) in [5.41, 5.74) is 0.923. The van der Waals surface area contributed by atoms with Crippen LogP contribution in [0.15, 0.2) is 35.4 Å². The zero-order valence-electron chi connectivity index (χ0n) is 7.14. The highest BCUT2D eigenvalue weighted by molar-refractivity contribution is 6.62. The summed E-state index contributed by atoms with van der Waals surface area (Å²) in [4.78, 5) is 10.5. The van der Waals surface area contributed by atoms with Gasteiger partial charge in [0.1, 0.15) is 0 Å². The summed E-state index contributed by atoms with van der Waals surface area (Å²) >= 11 is 5.17. The van der Waals surface area contributed by atoms with Crippen LogP contribution in [0.2, 0.25) is 0 Å². The van der Waals surface area contributed by atoms with Crippen molar-refractivity contribution in [2.24, 2.45) is 5.10 Å². The number of amides is 1. The van der Waals surface area contributed by atoms with E-state index < -0.39 is 5.37 Å². The molecule has 0 aliphatic heterocycles. The molecule has 68 valence electrons. The van der Waals surface area contributed by atoms with Gasteiger partial charge >= 0.3 is 5.37 Å². The van der Waals surface area contributed by atoms with Gasteiger partial charge in [-0.15, -0.1) is 0 Å². The Hall–Kier alpha value is -1.35. The molecule has 1 aromatic carbocycles. The molecule has 0 spiro atoms. The number of hydrazone groups is 1. The first-order chi connectivity index (χ1) is 6.20. The number of hydrogen-bond acceptors (Lipinski definition) is 2. The smallest absolute Gasteiger partial charge is 0.253 e.